The topological polar surface area (TPSA) is 24.5 Å². The number of ether oxygens (including phenoxy) is 1. The second kappa shape index (κ2) is 7.34. The monoisotopic (exact) mass is 244 g/mol. The fraction of sp³-hybridized carbons (Fsp3) is 1.00. The molecule has 0 aliphatic carbocycles. The Labute approximate surface area is 108 Å². The molecule has 0 saturated heterocycles. The van der Waals surface area contributed by atoms with Gasteiger partial charge in [-0.15, -0.1) is 0 Å². The predicted octanol–water partition coefficient (Wildman–Crippen LogP) is 2.37. The normalized spacial score (nSPS) is 13.4. The average molecular weight is 244 g/mol. The number of methoxy groups -OCH3 is 1. The molecule has 1 N–H and O–H groups in total. The average Bonchev–Trinajstić information content (AvgIpc) is 2.20. The number of hydrogen-bond acceptors (Lipinski definition) is 3. The maximum Gasteiger partial charge on any atom is 0.0589 e. The molecule has 0 unspecified atom stereocenters. The van der Waals surface area contributed by atoms with Gasteiger partial charge in [-0.25, -0.2) is 0 Å². The van der Waals surface area contributed by atoms with Gasteiger partial charge in [-0.2, -0.15) is 0 Å². The Balaban J connectivity index is 4.11. The quantitative estimate of drug-likeness (QED) is 0.709. The first-order valence-corrected chi connectivity index (χ1v) is 6.66. The summed E-state index contributed by atoms with van der Waals surface area (Å²) in [7, 11) is 1.76. The van der Waals surface area contributed by atoms with Gasteiger partial charge in [0.05, 0.1) is 6.61 Å². The van der Waals surface area contributed by atoms with E-state index in [1.165, 1.54) is 0 Å². The molecule has 0 aromatic heterocycles. The third-order valence-corrected chi connectivity index (χ3v) is 2.81. The first-order valence-electron chi connectivity index (χ1n) is 6.66. The fourth-order valence-corrected chi connectivity index (χ4v) is 1.74. The van der Waals surface area contributed by atoms with E-state index in [0.29, 0.717) is 0 Å². The van der Waals surface area contributed by atoms with Crippen LogP contribution in [0.25, 0.3) is 0 Å². The molecule has 0 atom stereocenters. The van der Waals surface area contributed by atoms with Crippen molar-refractivity contribution in [1.82, 2.24) is 10.2 Å². The lowest BCUT2D eigenvalue weighted by Gasteiger charge is -2.35. The highest BCUT2D eigenvalue weighted by molar-refractivity contribution is 4.80. The minimum absolute atomic E-state index is 0.195. The molecule has 0 spiro atoms. The van der Waals surface area contributed by atoms with Gasteiger partial charge in [-0.1, -0.05) is 20.8 Å². The lowest BCUT2D eigenvalue weighted by Crippen LogP contribution is -2.46. The van der Waals surface area contributed by atoms with Crippen LogP contribution in [0.1, 0.15) is 41.5 Å². The van der Waals surface area contributed by atoms with Crippen molar-refractivity contribution in [3.63, 3.8) is 0 Å². The second-order valence-electron chi connectivity index (χ2n) is 6.63. The Kier molecular flexibility index (Phi) is 7.29. The third-order valence-electron chi connectivity index (χ3n) is 2.81. The Morgan fingerprint density at radius 3 is 2.12 bits per heavy atom. The molecule has 0 aliphatic heterocycles. The molecule has 104 valence electrons. The van der Waals surface area contributed by atoms with Crippen molar-refractivity contribution in [2.45, 2.75) is 47.1 Å². The van der Waals surface area contributed by atoms with Crippen molar-refractivity contribution in [3.05, 3.63) is 0 Å². The summed E-state index contributed by atoms with van der Waals surface area (Å²) >= 11 is 0. The van der Waals surface area contributed by atoms with Crippen LogP contribution in [0.2, 0.25) is 0 Å². The van der Waals surface area contributed by atoms with E-state index in [1.807, 2.05) is 0 Å². The highest BCUT2D eigenvalue weighted by Gasteiger charge is 2.23. The Morgan fingerprint density at radius 2 is 1.71 bits per heavy atom. The van der Waals surface area contributed by atoms with Crippen molar-refractivity contribution >= 4 is 0 Å². The first kappa shape index (κ1) is 16.9. The van der Waals surface area contributed by atoms with Crippen LogP contribution in [-0.4, -0.2) is 50.3 Å². The highest BCUT2D eigenvalue weighted by atomic mass is 16.5. The summed E-state index contributed by atoms with van der Waals surface area (Å²) in [5.74, 6) is 0. The highest BCUT2D eigenvalue weighted by Crippen LogP contribution is 2.17. The molecule has 0 fully saturated rings. The zero-order chi connectivity index (χ0) is 13.5. The van der Waals surface area contributed by atoms with Gasteiger partial charge in [0.2, 0.25) is 0 Å². The number of nitrogens with zero attached hydrogens (tertiary/aromatic N) is 1. The second-order valence-corrected chi connectivity index (χ2v) is 6.63. The number of hydrogen-bond donors (Lipinski definition) is 1. The van der Waals surface area contributed by atoms with Crippen LogP contribution in [-0.2, 0) is 4.74 Å². The predicted molar refractivity (Wildman–Crippen MR) is 75.5 cm³/mol. The molecule has 0 aromatic carbocycles. The van der Waals surface area contributed by atoms with Gasteiger partial charge in [-0.3, -0.25) is 0 Å². The molecule has 0 aromatic rings. The van der Waals surface area contributed by atoms with E-state index in [1.54, 1.807) is 7.11 Å². The molecule has 0 rings (SSSR count). The van der Waals surface area contributed by atoms with Gasteiger partial charge in [-0.05, 0) is 32.7 Å². The van der Waals surface area contributed by atoms with E-state index >= 15 is 0 Å². The molecule has 17 heavy (non-hydrogen) atoms. The van der Waals surface area contributed by atoms with Crippen molar-refractivity contribution in [3.8, 4) is 0 Å². The van der Waals surface area contributed by atoms with Crippen LogP contribution in [0.3, 0.4) is 0 Å². The molecule has 3 heteroatoms. The maximum absolute atomic E-state index is 5.15. The molecule has 0 radical (unpaired) electrons. The summed E-state index contributed by atoms with van der Waals surface area (Å²) in [6.07, 6.45) is 0. The minimum Gasteiger partial charge on any atom is -0.383 e. The van der Waals surface area contributed by atoms with Gasteiger partial charge >= 0.3 is 0 Å². The molecule has 0 saturated carbocycles. The largest absolute Gasteiger partial charge is 0.383 e. The van der Waals surface area contributed by atoms with Crippen LogP contribution in [0, 0.1) is 5.41 Å². The van der Waals surface area contributed by atoms with Crippen LogP contribution in [0.4, 0.5) is 0 Å². The zero-order valence-corrected chi connectivity index (χ0v) is 12.9. The van der Waals surface area contributed by atoms with Crippen LogP contribution >= 0.6 is 0 Å². The molecule has 0 amide bonds. The lowest BCUT2D eigenvalue weighted by atomic mass is 9.91. The molecule has 3 nitrogen and oxygen atoms in total. The summed E-state index contributed by atoms with van der Waals surface area (Å²) in [5, 5.41) is 3.59. The smallest absolute Gasteiger partial charge is 0.0589 e. The zero-order valence-electron chi connectivity index (χ0n) is 12.9. The summed E-state index contributed by atoms with van der Waals surface area (Å²) < 4.78 is 5.15. The Bertz CT molecular complexity index is 197. The first-order chi connectivity index (χ1) is 7.70. The molecule has 0 aliphatic rings. The van der Waals surface area contributed by atoms with E-state index < -0.39 is 0 Å². The van der Waals surface area contributed by atoms with E-state index in [9.17, 15) is 0 Å². The van der Waals surface area contributed by atoms with Crippen LogP contribution in [0.15, 0.2) is 0 Å². The van der Waals surface area contributed by atoms with Crippen molar-refractivity contribution in [2.75, 3.05) is 39.9 Å². The summed E-state index contributed by atoms with van der Waals surface area (Å²) in [4.78, 5) is 2.45. The Morgan fingerprint density at radius 1 is 1.12 bits per heavy atom. The summed E-state index contributed by atoms with van der Waals surface area (Å²) in [6, 6.07) is 0. The number of rotatable bonds is 8. The van der Waals surface area contributed by atoms with Gasteiger partial charge in [0.25, 0.3) is 0 Å². The molecule has 0 heterocycles. The molecule has 0 bridgehead atoms. The van der Waals surface area contributed by atoms with Gasteiger partial charge < -0.3 is 15.0 Å². The third kappa shape index (κ3) is 9.57. The summed E-state index contributed by atoms with van der Waals surface area (Å²) in [5.41, 5.74) is 0.484. The van der Waals surface area contributed by atoms with Crippen molar-refractivity contribution in [1.29, 1.82) is 0 Å². The fourth-order valence-electron chi connectivity index (χ4n) is 1.74. The SMILES string of the molecule is CCN(CCOC)CC(C)(C)CNC(C)(C)C. The van der Waals surface area contributed by atoms with E-state index in [-0.39, 0.29) is 11.0 Å². The van der Waals surface area contributed by atoms with Crippen molar-refractivity contribution < 1.29 is 4.74 Å². The Hall–Kier alpha value is -0.120. The minimum atomic E-state index is 0.195. The van der Waals surface area contributed by atoms with E-state index in [4.69, 9.17) is 4.74 Å². The lowest BCUT2D eigenvalue weighted by molar-refractivity contribution is 0.118. The summed E-state index contributed by atoms with van der Waals surface area (Å²) in [6.45, 7) is 18.6. The van der Waals surface area contributed by atoms with Crippen LogP contribution < -0.4 is 5.32 Å². The van der Waals surface area contributed by atoms with Gasteiger partial charge in [0.1, 0.15) is 0 Å². The van der Waals surface area contributed by atoms with E-state index in [2.05, 4.69) is 51.8 Å². The van der Waals surface area contributed by atoms with Gasteiger partial charge in [0, 0.05) is 32.3 Å². The van der Waals surface area contributed by atoms with Crippen LogP contribution in [0.5, 0.6) is 0 Å². The molecular weight excluding hydrogens is 212 g/mol. The standard InChI is InChI=1S/C14H32N2O/c1-8-16(9-10-17-7)12-14(5,6)11-15-13(2,3)4/h15H,8-12H2,1-7H3. The molecular formula is C14H32N2O. The number of likely N-dealkylation sites (N-methyl/N-ethyl adjacent to an activating group) is 1. The number of nitrogens with one attached hydrogen (secondary N) is 1. The maximum atomic E-state index is 5.15. The van der Waals surface area contributed by atoms with Gasteiger partial charge in [0.15, 0.2) is 0 Å². The van der Waals surface area contributed by atoms with E-state index in [0.717, 1.165) is 32.8 Å². The van der Waals surface area contributed by atoms with Crippen molar-refractivity contribution in [2.24, 2.45) is 5.41 Å².